The molecule has 94 valence electrons. The van der Waals surface area contributed by atoms with Gasteiger partial charge in [0.2, 0.25) is 0 Å². The number of hydrogen-bond acceptors (Lipinski definition) is 4. The molecule has 0 saturated heterocycles. The maximum Gasteiger partial charge on any atom is 0.164 e. The van der Waals surface area contributed by atoms with E-state index in [-0.39, 0.29) is 11.3 Å². The standard InChI is InChI=1S/C13H13FN2OS/c1-8-12(18-7-16-8)6-15-11-5-3-4-10(14)13(11)9(2)17/h3-5,7,15H,6H2,1-2H3. The lowest BCUT2D eigenvalue weighted by atomic mass is 10.1. The average Bonchev–Trinajstić information content (AvgIpc) is 2.71. The first-order valence-electron chi connectivity index (χ1n) is 5.52. The van der Waals surface area contributed by atoms with Crippen LogP contribution in [0.3, 0.4) is 0 Å². The van der Waals surface area contributed by atoms with Crippen molar-refractivity contribution in [3.8, 4) is 0 Å². The van der Waals surface area contributed by atoms with Crippen LogP contribution < -0.4 is 5.32 Å². The monoisotopic (exact) mass is 264 g/mol. The molecule has 0 atom stereocenters. The number of carbonyl (C=O) groups is 1. The van der Waals surface area contributed by atoms with Crippen molar-refractivity contribution < 1.29 is 9.18 Å². The Bertz CT molecular complexity index is 580. The van der Waals surface area contributed by atoms with Crippen molar-refractivity contribution >= 4 is 22.8 Å². The van der Waals surface area contributed by atoms with Crippen LogP contribution in [0.1, 0.15) is 27.9 Å². The third-order valence-corrected chi connectivity index (χ3v) is 3.59. The van der Waals surface area contributed by atoms with E-state index in [0.717, 1.165) is 10.6 Å². The normalized spacial score (nSPS) is 10.4. The summed E-state index contributed by atoms with van der Waals surface area (Å²) in [6.45, 7) is 3.83. The number of Topliss-reactive ketones (excluding diaryl/α,β-unsaturated/α-hetero) is 1. The van der Waals surface area contributed by atoms with E-state index in [1.165, 1.54) is 24.3 Å². The number of rotatable bonds is 4. The van der Waals surface area contributed by atoms with E-state index in [0.29, 0.717) is 12.2 Å². The number of nitrogens with one attached hydrogen (secondary N) is 1. The van der Waals surface area contributed by atoms with E-state index in [1.807, 2.05) is 6.92 Å². The molecule has 2 rings (SSSR count). The fraction of sp³-hybridized carbons (Fsp3) is 0.231. The van der Waals surface area contributed by atoms with E-state index in [9.17, 15) is 9.18 Å². The summed E-state index contributed by atoms with van der Waals surface area (Å²) in [7, 11) is 0. The molecule has 0 saturated carbocycles. The van der Waals surface area contributed by atoms with E-state index in [2.05, 4.69) is 10.3 Å². The number of nitrogens with zero attached hydrogens (tertiary/aromatic N) is 1. The lowest BCUT2D eigenvalue weighted by Gasteiger charge is -2.10. The Morgan fingerprint density at radius 3 is 2.89 bits per heavy atom. The van der Waals surface area contributed by atoms with Crippen molar-refractivity contribution in [2.45, 2.75) is 20.4 Å². The van der Waals surface area contributed by atoms with E-state index >= 15 is 0 Å². The highest BCUT2D eigenvalue weighted by atomic mass is 32.1. The molecule has 1 aromatic carbocycles. The summed E-state index contributed by atoms with van der Waals surface area (Å²) in [6.07, 6.45) is 0. The summed E-state index contributed by atoms with van der Waals surface area (Å²) in [6, 6.07) is 4.58. The van der Waals surface area contributed by atoms with Gasteiger partial charge in [-0.3, -0.25) is 4.79 Å². The van der Waals surface area contributed by atoms with Gasteiger partial charge in [-0.15, -0.1) is 11.3 Å². The second-order valence-electron chi connectivity index (χ2n) is 3.93. The van der Waals surface area contributed by atoms with Crippen LogP contribution in [0, 0.1) is 12.7 Å². The van der Waals surface area contributed by atoms with Crippen molar-refractivity contribution in [1.82, 2.24) is 4.98 Å². The quantitative estimate of drug-likeness (QED) is 0.860. The topological polar surface area (TPSA) is 42.0 Å². The number of anilines is 1. The maximum atomic E-state index is 13.6. The fourth-order valence-electron chi connectivity index (χ4n) is 1.70. The molecule has 0 bridgehead atoms. The Hall–Kier alpha value is -1.75. The van der Waals surface area contributed by atoms with E-state index in [1.54, 1.807) is 17.6 Å². The van der Waals surface area contributed by atoms with Gasteiger partial charge in [0.1, 0.15) is 5.82 Å². The Kier molecular flexibility index (Phi) is 3.72. The molecule has 0 fully saturated rings. The second kappa shape index (κ2) is 5.27. The molecule has 0 amide bonds. The number of benzene rings is 1. The molecule has 2 aromatic rings. The number of ketones is 1. The Labute approximate surface area is 109 Å². The lowest BCUT2D eigenvalue weighted by molar-refractivity contribution is 0.101. The first-order valence-corrected chi connectivity index (χ1v) is 6.40. The summed E-state index contributed by atoms with van der Waals surface area (Å²) in [4.78, 5) is 16.6. The third kappa shape index (κ3) is 2.56. The minimum atomic E-state index is -0.492. The number of aromatic nitrogens is 1. The molecular weight excluding hydrogens is 251 g/mol. The zero-order chi connectivity index (χ0) is 13.1. The van der Waals surface area contributed by atoms with Gasteiger partial charge in [0.05, 0.1) is 23.3 Å². The Balaban J connectivity index is 2.22. The molecule has 0 radical (unpaired) electrons. The number of hydrogen-bond donors (Lipinski definition) is 1. The minimum Gasteiger partial charge on any atom is -0.379 e. The van der Waals surface area contributed by atoms with Gasteiger partial charge < -0.3 is 5.32 Å². The maximum absolute atomic E-state index is 13.6. The van der Waals surface area contributed by atoms with Gasteiger partial charge in [0.15, 0.2) is 5.78 Å². The van der Waals surface area contributed by atoms with Gasteiger partial charge >= 0.3 is 0 Å². The molecule has 1 heterocycles. The predicted octanol–water partition coefficient (Wildman–Crippen LogP) is 3.41. The van der Waals surface area contributed by atoms with Crippen LogP contribution in [0.5, 0.6) is 0 Å². The van der Waals surface area contributed by atoms with Crippen LogP contribution in [0.25, 0.3) is 0 Å². The van der Waals surface area contributed by atoms with E-state index < -0.39 is 5.82 Å². The summed E-state index contributed by atoms with van der Waals surface area (Å²) in [5, 5.41) is 3.09. The SMILES string of the molecule is CC(=O)c1c(F)cccc1NCc1scnc1C. The first-order chi connectivity index (χ1) is 8.59. The summed E-state index contributed by atoms with van der Waals surface area (Å²) in [5.41, 5.74) is 3.35. The van der Waals surface area contributed by atoms with Crippen molar-refractivity contribution in [2.24, 2.45) is 0 Å². The van der Waals surface area contributed by atoms with Crippen LogP contribution >= 0.6 is 11.3 Å². The van der Waals surface area contributed by atoms with Crippen LogP contribution in [-0.2, 0) is 6.54 Å². The molecule has 0 aliphatic heterocycles. The largest absolute Gasteiger partial charge is 0.379 e. The van der Waals surface area contributed by atoms with Gasteiger partial charge in [-0.25, -0.2) is 9.37 Å². The molecule has 0 aliphatic rings. The predicted molar refractivity (Wildman–Crippen MR) is 70.6 cm³/mol. The Morgan fingerprint density at radius 1 is 1.50 bits per heavy atom. The summed E-state index contributed by atoms with van der Waals surface area (Å²) < 4.78 is 13.6. The van der Waals surface area contributed by atoms with Gasteiger partial charge in [-0.2, -0.15) is 0 Å². The highest BCUT2D eigenvalue weighted by Gasteiger charge is 2.13. The fourth-order valence-corrected chi connectivity index (χ4v) is 2.42. The molecule has 0 unspecified atom stereocenters. The van der Waals surface area contributed by atoms with Gasteiger partial charge in [-0.05, 0) is 26.0 Å². The molecule has 0 spiro atoms. The summed E-state index contributed by atoms with van der Waals surface area (Å²) in [5.74, 6) is -0.773. The molecule has 1 N–H and O–H groups in total. The van der Waals surface area contributed by atoms with Crippen LogP contribution in [0.4, 0.5) is 10.1 Å². The Morgan fingerprint density at radius 2 is 2.28 bits per heavy atom. The second-order valence-corrected chi connectivity index (χ2v) is 4.87. The lowest BCUT2D eigenvalue weighted by Crippen LogP contribution is -2.07. The summed E-state index contributed by atoms with van der Waals surface area (Å²) >= 11 is 1.53. The van der Waals surface area contributed by atoms with Crippen LogP contribution in [0.15, 0.2) is 23.7 Å². The zero-order valence-corrected chi connectivity index (χ0v) is 11.0. The number of halogens is 1. The third-order valence-electron chi connectivity index (χ3n) is 2.65. The molecule has 5 heteroatoms. The molecular formula is C13H13FN2OS. The zero-order valence-electron chi connectivity index (χ0n) is 10.2. The van der Waals surface area contributed by atoms with Crippen LogP contribution in [-0.4, -0.2) is 10.8 Å². The van der Waals surface area contributed by atoms with Gasteiger partial charge in [0.25, 0.3) is 0 Å². The van der Waals surface area contributed by atoms with Crippen molar-refractivity contribution in [1.29, 1.82) is 0 Å². The van der Waals surface area contributed by atoms with Crippen molar-refractivity contribution in [3.05, 3.63) is 45.7 Å². The van der Waals surface area contributed by atoms with E-state index in [4.69, 9.17) is 0 Å². The highest BCUT2D eigenvalue weighted by Crippen LogP contribution is 2.21. The number of thiazole rings is 1. The molecule has 1 aromatic heterocycles. The first kappa shape index (κ1) is 12.7. The molecule has 3 nitrogen and oxygen atoms in total. The van der Waals surface area contributed by atoms with Crippen LogP contribution in [0.2, 0.25) is 0 Å². The molecule has 18 heavy (non-hydrogen) atoms. The highest BCUT2D eigenvalue weighted by molar-refractivity contribution is 7.09. The number of aryl methyl sites for hydroxylation is 1. The van der Waals surface area contributed by atoms with Gasteiger partial charge in [0, 0.05) is 10.6 Å². The minimum absolute atomic E-state index is 0.111. The average molecular weight is 264 g/mol. The van der Waals surface area contributed by atoms with Gasteiger partial charge in [-0.1, -0.05) is 6.07 Å². The van der Waals surface area contributed by atoms with Crippen molar-refractivity contribution in [2.75, 3.05) is 5.32 Å². The smallest absolute Gasteiger partial charge is 0.164 e. The molecule has 0 aliphatic carbocycles. The number of carbonyl (C=O) groups excluding carboxylic acids is 1. The van der Waals surface area contributed by atoms with Crippen molar-refractivity contribution in [3.63, 3.8) is 0 Å².